The molecule has 2 nitrogen and oxygen atoms in total. The van der Waals surface area contributed by atoms with Crippen LogP contribution in [0.3, 0.4) is 0 Å². The molecule has 0 aliphatic rings. The third kappa shape index (κ3) is 5.06. The van der Waals surface area contributed by atoms with Crippen LogP contribution in [0.25, 0.3) is 0 Å². The predicted octanol–water partition coefficient (Wildman–Crippen LogP) is 4.00. The Labute approximate surface area is 112 Å². The Morgan fingerprint density at radius 3 is 1.94 bits per heavy atom. The van der Waals surface area contributed by atoms with Crippen molar-refractivity contribution in [3.05, 3.63) is 60.2 Å². The summed E-state index contributed by atoms with van der Waals surface area (Å²) in [5, 5.41) is 8.84. The first kappa shape index (κ1) is 14.3. The average Bonchev–Trinajstić information content (AvgIpc) is 2.41. The molecule has 94 valence electrons. The second-order valence-electron chi connectivity index (χ2n) is 3.62. The first-order valence-electron chi connectivity index (χ1n) is 5.52. The fraction of sp³-hybridized carbons (Fsp3) is 0.133. The Hall–Kier alpha value is -1.74. The van der Waals surface area contributed by atoms with E-state index in [4.69, 9.17) is 5.11 Å². The van der Waals surface area contributed by atoms with Gasteiger partial charge >= 0.3 is 0 Å². The monoisotopic (exact) mass is 260 g/mol. The van der Waals surface area contributed by atoms with Crippen molar-refractivity contribution in [3.63, 3.8) is 0 Å². The Kier molecular flexibility index (Phi) is 6.01. The summed E-state index contributed by atoms with van der Waals surface area (Å²) >= 11 is 1.67. The minimum atomic E-state index is 0.121. The molecular formula is C15H16O2S. The van der Waals surface area contributed by atoms with Gasteiger partial charge in [0.05, 0.1) is 0 Å². The molecule has 0 bridgehead atoms. The Morgan fingerprint density at radius 2 is 1.56 bits per heavy atom. The lowest BCUT2D eigenvalue weighted by molar-refractivity contribution is 0.101. The zero-order chi connectivity index (χ0) is 13.4. The first-order chi connectivity index (χ1) is 8.63. The second-order valence-corrected chi connectivity index (χ2v) is 4.50. The van der Waals surface area contributed by atoms with Gasteiger partial charge in [-0.2, -0.15) is 0 Å². The van der Waals surface area contributed by atoms with Crippen LogP contribution >= 0.6 is 11.8 Å². The number of thioether (sulfide) groups is 1. The van der Waals surface area contributed by atoms with Gasteiger partial charge in [-0.1, -0.05) is 30.3 Å². The minimum absolute atomic E-state index is 0.121. The van der Waals surface area contributed by atoms with Crippen LogP contribution in [-0.4, -0.2) is 17.1 Å². The molecule has 0 heterocycles. The number of hydrogen-bond acceptors (Lipinski definition) is 3. The van der Waals surface area contributed by atoms with E-state index >= 15 is 0 Å². The number of phenols is 1. The molecule has 0 spiro atoms. The number of phenolic OH excluding ortho intramolecular Hbond substituents is 1. The highest BCUT2D eigenvalue weighted by Gasteiger charge is 1.92. The van der Waals surface area contributed by atoms with Gasteiger partial charge < -0.3 is 5.11 Å². The standard InChI is InChI=1S/C8H8O.C7H8OS/c1-7(9)8-5-3-2-4-6-8;1-9-7-4-2-6(8)3-5-7/h2-6H,1H3;2-5,8H,1H3. The van der Waals surface area contributed by atoms with Crippen LogP contribution in [0.15, 0.2) is 59.5 Å². The molecule has 0 radical (unpaired) electrons. The Morgan fingerprint density at radius 1 is 1.00 bits per heavy atom. The molecule has 0 aliphatic carbocycles. The van der Waals surface area contributed by atoms with Gasteiger partial charge in [0.25, 0.3) is 0 Å². The van der Waals surface area contributed by atoms with Crippen LogP contribution < -0.4 is 0 Å². The molecule has 0 amide bonds. The third-order valence-corrected chi connectivity index (χ3v) is 3.00. The Bertz CT molecular complexity index is 478. The van der Waals surface area contributed by atoms with Gasteiger partial charge in [0.15, 0.2) is 5.78 Å². The highest BCUT2D eigenvalue weighted by atomic mass is 32.2. The summed E-state index contributed by atoms with van der Waals surface area (Å²) in [5.74, 6) is 0.448. The lowest BCUT2D eigenvalue weighted by atomic mass is 10.2. The maximum atomic E-state index is 10.6. The van der Waals surface area contributed by atoms with Gasteiger partial charge in [-0.15, -0.1) is 11.8 Å². The number of rotatable bonds is 2. The number of ketones is 1. The zero-order valence-corrected chi connectivity index (χ0v) is 11.3. The maximum Gasteiger partial charge on any atom is 0.159 e. The van der Waals surface area contributed by atoms with Crippen LogP contribution in [0.2, 0.25) is 0 Å². The zero-order valence-electron chi connectivity index (χ0n) is 10.5. The van der Waals surface area contributed by atoms with Gasteiger partial charge in [-0.05, 0) is 37.4 Å². The van der Waals surface area contributed by atoms with E-state index in [1.165, 1.54) is 4.90 Å². The summed E-state index contributed by atoms with van der Waals surface area (Å²) in [6, 6.07) is 16.4. The van der Waals surface area contributed by atoms with E-state index in [0.29, 0.717) is 5.75 Å². The van der Waals surface area contributed by atoms with E-state index in [9.17, 15) is 4.79 Å². The van der Waals surface area contributed by atoms with Crippen LogP contribution in [0.5, 0.6) is 5.75 Å². The highest BCUT2D eigenvalue weighted by Crippen LogP contribution is 2.17. The van der Waals surface area contributed by atoms with E-state index in [0.717, 1.165) is 5.56 Å². The molecule has 3 heteroatoms. The van der Waals surface area contributed by atoms with Crippen molar-refractivity contribution in [2.45, 2.75) is 11.8 Å². The molecule has 2 rings (SSSR count). The maximum absolute atomic E-state index is 10.6. The van der Waals surface area contributed by atoms with Crippen molar-refractivity contribution < 1.29 is 9.90 Å². The molecule has 0 saturated carbocycles. The molecule has 0 saturated heterocycles. The number of carbonyl (C=O) groups excluding carboxylic acids is 1. The van der Waals surface area contributed by atoms with Crippen molar-refractivity contribution in [3.8, 4) is 5.75 Å². The molecule has 0 unspecified atom stereocenters. The smallest absolute Gasteiger partial charge is 0.159 e. The predicted molar refractivity (Wildman–Crippen MR) is 76.3 cm³/mol. The fourth-order valence-corrected chi connectivity index (χ4v) is 1.66. The minimum Gasteiger partial charge on any atom is -0.508 e. The summed E-state index contributed by atoms with van der Waals surface area (Å²) in [6.45, 7) is 1.56. The number of Topliss-reactive ketones (excluding diaryl/α,β-unsaturated/α-hetero) is 1. The summed E-state index contributed by atoms with van der Waals surface area (Å²) in [4.78, 5) is 11.8. The summed E-state index contributed by atoms with van der Waals surface area (Å²) in [7, 11) is 0. The van der Waals surface area contributed by atoms with Gasteiger partial charge in [-0.3, -0.25) is 4.79 Å². The average molecular weight is 260 g/mol. The van der Waals surface area contributed by atoms with Crippen molar-refractivity contribution >= 4 is 17.5 Å². The Balaban J connectivity index is 0.000000180. The van der Waals surface area contributed by atoms with E-state index in [1.54, 1.807) is 30.8 Å². The van der Waals surface area contributed by atoms with Crippen LogP contribution in [0.1, 0.15) is 17.3 Å². The molecule has 1 N–H and O–H groups in total. The van der Waals surface area contributed by atoms with Crippen molar-refractivity contribution in [1.82, 2.24) is 0 Å². The van der Waals surface area contributed by atoms with Gasteiger partial charge in [0, 0.05) is 10.5 Å². The number of benzene rings is 2. The van der Waals surface area contributed by atoms with Crippen molar-refractivity contribution in [2.24, 2.45) is 0 Å². The first-order valence-corrected chi connectivity index (χ1v) is 6.75. The van der Waals surface area contributed by atoms with Crippen molar-refractivity contribution in [1.29, 1.82) is 0 Å². The van der Waals surface area contributed by atoms with Crippen molar-refractivity contribution in [2.75, 3.05) is 6.26 Å². The SMILES string of the molecule is CC(=O)c1ccccc1.CSc1ccc(O)cc1. The molecule has 0 fully saturated rings. The molecule has 18 heavy (non-hydrogen) atoms. The number of hydrogen-bond donors (Lipinski definition) is 1. The number of aromatic hydroxyl groups is 1. The largest absolute Gasteiger partial charge is 0.508 e. The molecular weight excluding hydrogens is 244 g/mol. The van der Waals surface area contributed by atoms with Crippen LogP contribution in [0.4, 0.5) is 0 Å². The van der Waals surface area contributed by atoms with Gasteiger partial charge in [0.2, 0.25) is 0 Å². The van der Waals surface area contributed by atoms with Gasteiger partial charge in [-0.25, -0.2) is 0 Å². The fourth-order valence-electron chi connectivity index (χ4n) is 1.26. The molecule has 2 aromatic rings. The molecule has 0 atom stereocenters. The highest BCUT2D eigenvalue weighted by molar-refractivity contribution is 7.98. The summed E-state index contributed by atoms with van der Waals surface area (Å²) in [6.07, 6.45) is 2.01. The molecule has 2 aromatic carbocycles. The second kappa shape index (κ2) is 7.56. The van der Waals surface area contributed by atoms with Crippen LogP contribution in [0, 0.1) is 0 Å². The number of carbonyl (C=O) groups is 1. The van der Waals surface area contributed by atoms with E-state index < -0.39 is 0 Å². The van der Waals surface area contributed by atoms with Gasteiger partial charge in [0.1, 0.15) is 5.75 Å². The summed E-state index contributed by atoms with van der Waals surface area (Å²) < 4.78 is 0. The topological polar surface area (TPSA) is 37.3 Å². The van der Waals surface area contributed by atoms with E-state index in [1.807, 2.05) is 48.7 Å². The summed E-state index contributed by atoms with van der Waals surface area (Å²) in [5.41, 5.74) is 0.775. The lowest BCUT2D eigenvalue weighted by Crippen LogP contribution is -1.88. The van der Waals surface area contributed by atoms with E-state index in [2.05, 4.69) is 0 Å². The van der Waals surface area contributed by atoms with Crippen LogP contribution in [-0.2, 0) is 0 Å². The quantitative estimate of drug-likeness (QED) is 0.655. The normalized spacial score (nSPS) is 9.22. The lowest BCUT2D eigenvalue weighted by Gasteiger charge is -1.93. The third-order valence-electron chi connectivity index (χ3n) is 2.25. The molecule has 0 aliphatic heterocycles. The molecule has 0 aromatic heterocycles. The van der Waals surface area contributed by atoms with E-state index in [-0.39, 0.29) is 5.78 Å².